The van der Waals surface area contributed by atoms with E-state index in [0.717, 1.165) is 0 Å². The first-order valence-electron chi connectivity index (χ1n) is 1.91. The van der Waals surface area contributed by atoms with Gasteiger partial charge in [0.25, 0.3) is 0 Å². The van der Waals surface area contributed by atoms with Gasteiger partial charge in [-0.2, -0.15) is 15.0 Å². The number of nitrogens with zero attached hydrogens (tertiary/aromatic N) is 3. The molecule has 48 valence electrons. The lowest BCUT2D eigenvalue weighted by Crippen LogP contribution is -1.91. The van der Waals surface area contributed by atoms with Crippen molar-refractivity contribution in [2.45, 2.75) is 0 Å². The van der Waals surface area contributed by atoms with Crippen molar-refractivity contribution in [1.29, 1.82) is 0 Å². The molecular weight excluding hydrogens is 276 g/mol. The Labute approximate surface area is 75.0 Å². The van der Waals surface area contributed by atoms with Crippen LogP contribution in [-0.2, 0) is 0 Å². The Morgan fingerprint density at radius 1 is 1.00 bits per heavy atom. The third-order valence-electron chi connectivity index (χ3n) is 0.554. The van der Waals surface area contributed by atoms with Gasteiger partial charge in [-0.3, -0.25) is 0 Å². The molecule has 0 atom stereocenters. The molecule has 3 nitrogen and oxygen atoms in total. The average molecular weight is 276 g/mol. The Balaban J connectivity index is 3.17. The van der Waals surface area contributed by atoms with E-state index in [1.165, 1.54) is 0 Å². The van der Waals surface area contributed by atoms with Crippen molar-refractivity contribution in [3.8, 4) is 0 Å². The van der Waals surface area contributed by atoms with E-state index in [0.29, 0.717) is 3.83 Å². The maximum Gasteiger partial charge on any atom is 0.227 e. The van der Waals surface area contributed by atoms with Gasteiger partial charge in [-0.15, -0.1) is 0 Å². The Morgan fingerprint density at radius 3 is 1.78 bits per heavy atom. The summed E-state index contributed by atoms with van der Waals surface area (Å²) in [6.07, 6.45) is 0. The van der Waals surface area contributed by atoms with Crippen LogP contribution in [0.5, 0.6) is 0 Å². The van der Waals surface area contributed by atoms with Gasteiger partial charge in [0.15, 0.2) is 3.83 Å². The maximum atomic E-state index is 5.40. The third-order valence-corrected chi connectivity index (χ3v) is 1.37. The molecule has 0 spiro atoms. The number of halogens is 3. The maximum absolute atomic E-state index is 5.40. The highest BCUT2D eigenvalue weighted by molar-refractivity contribution is 14.1. The quantitative estimate of drug-likeness (QED) is 0.678. The Hall–Kier alpha value is 0.320. The van der Waals surface area contributed by atoms with Gasteiger partial charge in [0.1, 0.15) is 0 Å². The van der Waals surface area contributed by atoms with Crippen LogP contribution in [0.25, 0.3) is 0 Å². The van der Waals surface area contributed by atoms with Gasteiger partial charge in [0, 0.05) is 22.6 Å². The fraction of sp³-hybridized carbons (Fsp3) is 0. The van der Waals surface area contributed by atoms with Crippen LogP contribution in [0.15, 0.2) is 0 Å². The third kappa shape index (κ3) is 2.19. The smallest absolute Gasteiger partial charge is 0.192 e. The van der Waals surface area contributed by atoms with Crippen LogP contribution in [0.1, 0.15) is 0 Å². The number of hydrogen-bond acceptors (Lipinski definition) is 3. The van der Waals surface area contributed by atoms with Crippen LogP contribution < -0.4 is 0 Å². The van der Waals surface area contributed by atoms with Gasteiger partial charge in [0.2, 0.25) is 10.6 Å². The lowest BCUT2D eigenvalue weighted by atomic mass is 11.1. The molecule has 6 heteroatoms. The number of rotatable bonds is 0. The van der Waals surface area contributed by atoms with Gasteiger partial charge in [-0.1, -0.05) is 0 Å². The molecular formula is C3Cl2IN3. The SMILES string of the molecule is Clc1nc(Cl)nc(I)n1. The van der Waals surface area contributed by atoms with E-state index >= 15 is 0 Å². The second-order valence-electron chi connectivity index (χ2n) is 1.14. The molecule has 0 radical (unpaired) electrons. The van der Waals surface area contributed by atoms with Crippen LogP contribution in [0.2, 0.25) is 10.6 Å². The van der Waals surface area contributed by atoms with E-state index in [1.54, 1.807) is 0 Å². The van der Waals surface area contributed by atoms with E-state index in [4.69, 9.17) is 23.2 Å². The fourth-order valence-electron chi connectivity index (χ4n) is 0.303. The highest BCUT2D eigenvalue weighted by Gasteiger charge is 1.97. The zero-order valence-electron chi connectivity index (χ0n) is 3.98. The van der Waals surface area contributed by atoms with Crippen LogP contribution >= 0.6 is 45.8 Å². The normalized spacial score (nSPS) is 9.67. The second-order valence-corrected chi connectivity index (χ2v) is 2.78. The summed E-state index contributed by atoms with van der Waals surface area (Å²) in [5.74, 6) is 0. The molecule has 1 aromatic rings. The van der Waals surface area contributed by atoms with E-state index in [9.17, 15) is 0 Å². The summed E-state index contributed by atoms with van der Waals surface area (Å²) < 4.78 is 0.498. The lowest BCUT2D eigenvalue weighted by Gasteiger charge is -1.89. The zero-order chi connectivity index (χ0) is 6.85. The van der Waals surface area contributed by atoms with E-state index in [1.807, 2.05) is 22.6 Å². The van der Waals surface area contributed by atoms with Gasteiger partial charge < -0.3 is 0 Å². The zero-order valence-corrected chi connectivity index (χ0v) is 7.64. The monoisotopic (exact) mass is 275 g/mol. The largest absolute Gasteiger partial charge is 0.227 e. The van der Waals surface area contributed by atoms with E-state index < -0.39 is 0 Å². The number of hydrogen-bond donors (Lipinski definition) is 0. The molecule has 0 N–H and O–H groups in total. The van der Waals surface area contributed by atoms with Crippen molar-refractivity contribution >= 4 is 45.8 Å². The van der Waals surface area contributed by atoms with Crippen molar-refractivity contribution in [2.24, 2.45) is 0 Å². The first-order chi connectivity index (χ1) is 4.18. The highest BCUT2D eigenvalue weighted by atomic mass is 127. The standard InChI is InChI=1S/C3Cl2IN3/c4-1-7-2(5)9-3(6)8-1. The molecule has 0 saturated carbocycles. The summed E-state index contributed by atoms with van der Waals surface area (Å²) in [7, 11) is 0. The molecule has 0 unspecified atom stereocenters. The van der Waals surface area contributed by atoms with Crippen molar-refractivity contribution in [1.82, 2.24) is 15.0 Å². The molecule has 0 aliphatic heterocycles. The van der Waals surface area contributed by atoms with Gasteiger partial charge >= 0.3 is 0 Å². The van der Waals surface area contributed by atoms with Crippen LogP contribution in [0, 0.1) is 3.83 Å². The Morgan fingerprint density at radius 2 is 1.44 bits per heavy atom. The van der Waals surface area contributed by atoms with Crippen LogP contribution in [-0.4, -0.2) is 15.0 Å². The summed E-state index contributed by atoms with van der Waals surface area (Å²) in [5, 5.41) is 0.249. The predicted octanol–water partition coefficient (Wildman–Crippen LogP) is 1.78. The molecule has 0 aliphatic carbocycles. The summed E-state index contributed by atoms with van der Waals surface area (Å²) in [6, 6.07) is 0. The number of aromatic nitrogens is 3. The highest BCUT2D eigenvalue weighted by Crippen LogP contribution is 2.06. The Bertz CT molecular complexity index is 178. The molecule has 0 saturated heterocycles. The minimum absolute atomic E-state index is 0.124. The fourth-order valence-corrected chi connectivity index (χ4v) is 1.41. The topological polar surface area (TPSA) is 38.7 Å². The molecule has 0 fully saturated rings. The molecule has 1 aromatic heterocycles. The molecule has 1 heterocycles. The predicted molar refractivity (Wildman–Crippen MR) is 42.6 cm³/mol. The summed E-state index contributed by atoms with van der Waals surface area (Å²) >= 11 is 12.7. The molecule has 0 aromatic carbocycles. The van der Waals surface area contributed by atoms with Crippen LogP contribution in [0.4, 0.5) is 0 Å². The first kappa shape index (κ1) is 7.43. The van der Waals surface area contributed by atoms with Crippen molar-refractivity contribution in [3.63, 3.8) is 0 Å². The van der Waals surface area contributed by atoms with Crippen molar-refractivity contribution < 1.29 is 0 Å². The summed E-state index contributed by atoms with van der Waals surface area (Å²) in [4.78, 5) is 10.9. The van der Waals surface area contributed by atoms with E-state index in [-0.39, 0.29) is 10.6 Å². The summed E-state index contributed by atoms with van der Waals surface area (Å²) in [6.45, 7) is 0. The second kappa shape index (κ2) is 2.94. The minimum Gasteiger partial charge on any atom is -0.192 e. The molecule has 1 rings (SSSR count). The molecule has 0 bridgehead atoms. The first-order valence-corrected chi connectivity index (χ1v) is 3.74. The van der Waals surface area contributed by atoms with Crippen molar-refractivity contribution in [3.05, 3.63) is 14.4 Å². The molecule has 0 aliphatic rings. The van der Waals surface area contributed by atoms with Crippen molar-refractivity contribution in [2.75, 3.05) is 0 Å². The Kier molecular flexibility index (Phi) is 2.42. The van der Waals surface area contributed by atoms with E-state index in [2.05, 4.69) is 15.0 Å². The van der Waals surface area contributed by atoms with Crippen LogP contribution in [0.3, 0.4) is 0 Å². The molecule has 0 amide bonds. The average Bonchev–Trinajstić information content (AvgIpc) is 1.59. The lowest BCUT2D eigenvalue weighted by molar-refractivity contribution is 1.01. The summed E-state index contributed by atoms with van der Waals surface area (Å²) in [5.41, 5.74) is 0. The molecule has 9 heavy (non-hydrogen) atoms. The van der Waals surface area contributed by atoms with Gasteiger partial charge in [-0.05, 0) is 23.2 Å². The minimum atomic E-state index is 0.124. The van der Waals surface area contributed by atoms with Gasteiger partial charge in [0.05, 0.1) is 0 Å². The van der Waals surface area contributed by atoms with Gasteiger partial charge in [-0.25, -0.2) is 0 Å².